The zero-order valence-corrected chi connectivity index (χ0v) is 74.8. The van der Waals surface area contributed by atoms with Gasteiger partial charge in [-0.2, -0.15) is 0 Å². The Morgan fingerprint density at radius 3 is 1.14 bits per heavy atom. The molecule has 0 bridgehead atoms. The van der Waals surface area contributed by atoms with Gasteiger partial charge in [0, 0.05) is 66.8 Å². The normalized spacial score (nSPS) is 28.6. The second kappa shape index (κ2) is 55.3. The summed E-state index contributed by atoms with van der Waals surface area (Å²) in [7, 11) is -24.1. The van der Waals surface area contributed by atoms with Gasteiger partial charge in [0.15, 0.2) is 24.5 Å². The number of phosphoric acid groups is 5. The summed E-state index contributed by atoms with van der Waals surface area (Å²) in [5, 5.41) is 98.8. The summed E-state index contributed by atoms with van der Waals surface area (Å²) in [6.45, 7) is 1.04. The highest BCUT2D eigenvalue weighted by atomic mass is 31.2. The minimum Gasteiger partial charge on any atom is -0.394 e. The number of aromatic nitrogens is 4. The number of ether oxygens (including phenoxy) is 10. The third-order valence-corrected chi connectivity index (χ3v) is 24.6. The Morgan fingerprint density at radius 1 is 0.444 bits per heavy atom. The van der Waals surface area contributed by atoms with Gasteiger partial charge in [0.25, 0.3) is 0 Å². The lowest BCUT2D eigenvalue weighted by Gasteiger charge is -2.42. The van der Waals surface area contributed by atoms with E-state index in [9.17, 15) is 108 Å². The van der Waals surface area contributed by atoms with Crippen molar-refractivity contribution >= 4 is 68.0 Å². The second-order valence-corrected chi connectivity index (χ2v) is 37.4. The largest absolute Gasteiger partial charge is 0.472 e. The second-order valence-electron chi connectivity index (χ2n) is 30.2. The number of hydrogen-bond acceptors (Lipinski definition) is 40. The van der Waals surface area contributed by atoms with E-state index in [4.69, 9.17) is 92.6 Å². The summed E-state index contributed by atoms with van der Waals surface area (Å²) in [5.41, 5.74) is -0.413. The number of amides is 3. The lowest BCUT2D eigenvalue weighted by molar-refractivity contribution is -0.270. The predicted octanol–water partition coefficient (Wildman–Crippen LogP) is 0.636. The van der Waals surface area contributed by atoms with E-state index >= 15 is 0 Å². The number of fused-ring (bicyclic) bond motifs is 1. The average molecular weight is 1890 g/mol. The first-order chi connectivity index (χ1) is 58.7. The molecule has 0 aliphatic carbocycles. The molecular formula is C70H128N7O42P5. The summed E-state index contributed by atoms with van der Waals surface area (Å²) in [6, 6.07) is -3.38. The molecule has 4 aliphatic rings. The van der Waals surface area contributed by atoms with Gasteiger partial charge in [-0.1, -0.05) is 38.5 Å². The number of hydrogen-bond donors (Lipinski definition) is 17. The van der Waals surface area contributed by atoms with Gasteiger partial charge in [-0.25, -0.2) is 37.8 Å². The van der Waals surface area contributed by atoms with E-state index in [0.29, 0.717) is 93.9 Å². The van der Waals surface area contributed by atoms with Crippen molar-refractivity contribution in [2.45, 2.75) is 261 Å². The number of rotatable bonds is 65. The molecule has 0 saturated carbocycles. The number of unbranched alkanes of at least 4 members (excludes halogenated alkanes) is 9. The minimum atomic E-state index is -5.30. The molecule has 54 heteroatoms. The fourth-order valence-electron chi connectivity index (χ4n) is 13.1. The average Bonchev–Trinajstić information content (AvgIpc) is 1.57. The van der Waals surface area contributed by atoms with Gasteiger partial charge in [-0.15, -0.1) is 0 Å². The van der Waals surface area contributed by atoms with E-state index < -0.39 is 251 Å². The molecule has 4 aliphatic heterocycles. The van der Waals surface area contributed by atoms with Crippen LogP contribution >= 0.6 is 39.1 Å². The molecule has 12 unspecified atom stereocenters. The monoisotopic (exact) mass is 1890 g/mol. The Kier molecular flexibility index (Phi) is 48.8. The van der Waals surface area contributed by atoms with Gasteiger partial charge in [-0.05, 0) is 78.6 Å². The molecular weight excluding hydrogens is 1770 g/mol. The number of phosphoric ester groups is 5. The number of carbonyl (C=O) groups is 3. The summed E-state index contributed by atoms with van der Waals surface area (Å²) in [4.78, 5) is 102. The van der Waals surface area contributed by atoms with Crippen LogP contribution in [0.2, 0.25) is 0 Å². The first-order valence-corrected chi connectivity index (χ1v) is 48.5. The van der Waals surface area contributed by atoms with Crippen molar-refractivity contribution in [3.8, 4) is 0 Å². The van der Waals surface area contributed by atoms with Crippen LogP contribution in [0, 0.1) is 12.3 Å². The topological polar surface area (TPSA) is 684 Å². The highest BCUT2D eigenvalue weighted by Gasteiger charge is 2.50. The zero-order valence-electron chi connectivity index (χ0n) is 70.3. The van der Waals surface area contributed by atoms with Crippen molar-refractivity contribution < 1.29 is 200 Å². The number of carbonyl (C=O) groups excluding carboxylic acids is 3. The van der Waals surface area contributed by atoms with Crippen molar-refractivity contribution in [2.24, 2.45) is 5.41 Å². The highest BCUT2D eigenvalue weighted by molar-refractivity contribution is 7.48. The number of nitrogens with zero attached hydrogens (tertiary/aromatic N) is 4. The lowest BCUT2D eigenvalue weighted by Crippen LogP contribution is -2.64. The summed E-state index contributed by atoms with van der Waals surface area (Å²) in [6.07, 6.45) is -13.1. The Hall–Kier alpha value is -3.25. The van der Waals surface area contributed by atoms with E-state index in [2.05, 4.69) is 30.9 Å². The van der Waals surface area contributed by atoms with Crippen LogP contribution in [0.15, 0.2) is 12.7 Å². The van der Waals surface area contributed by atoms with E-state index in [1.54, 1.807) is 6.92 Å². The van der Waals surface area contributed by atoms with Crippen LogP contribution in [0.3, 0.4) is 0 Å². The van der Waals surface area contributed by atoms with Crippen LogP contribution in [-0.2, 0) is 130 Å². The number of aliphatic hydroxyl groups is 9. The third-order valence-electron chi connectivity index (χ3n) is 19.3. The molecule has 6 rings (SSSR count). The van der Waals surface area contributed by atoms with Gasteiger partial charge < -0.3 is 134 Å². The van der Waals surface area contributed by atoms with Crippen molar-refractivity contribution in [1.29, 1.82) is 0 Å². The molecule has 0 radical (unpaired) electrons. The van der Waals surface area contributed by atoms with E-state index in [-0.39, 0.29) is 85.1 Å². The molecule has 3 amide bonds. The smallest absolute Gasteiger partial charge is 0.394 e. The molecule has 720 valence electrons. The fourth-order valence-corrected chi connectivity index (χ4v) is 17.5. The molecule has 49 nitrogen and oxygen atoms in total. The Bertz CT molecular complexity index is 3450. The maximum atomic E-state index is 14.2. The van der Waals surface area contributed by atoms with Gasteiger partial charge >= 0.3 is 39.1 Å². The maximum Gasteiger partial charge on any atom is 0.472 e. The minimum absolute atomic E-state index is 0.0750. The molecule has 124 heavy (non-hydrogen) atoms. The Morgan fingerprint density at radius 2 is 0.790 bits per heavy atom. The molecule has 4 saturated heterocycles. The number of aliphatic hydroxyl groups excluding tert-OH is 9. The van der Waals surface area contributed by atoms with Crippen molar-refractivity contribution in [3.05, 3.63) is 18.3 Å². The van der Waals surface area contributed by atoms with Crippen LogP contribution in [0.4, 0.5) is 0 Å². The quantitative estimate of drug-likeness (QED) is 0.0319. The molecule has 2 aromatic heterocycles. The van der Waals surface area contributed by atoms with Crippen LogP contribution < -0.4 is 16.0 Å². The first-order valence-electron chi connectivity index (χ1n) is 41.0. The maximum absolute atomic E-state index is 14.2. The summed E-state index contributed by atoms with van der Waals surface area (Å²) < 4.78 is 180. The first kappa shape index (κ1) is 110. The van der Waals surface area contributed by atoms with Gasteiger partial charge in [-0.3, -0.25) is 64.2 Å². The van der Waals surface area contributed by atoms with Crippen LogP contribution in [0.1, 0.15) is 149 Å². The molecule has 0 aromatic carbocycles. The van der Waals surface area contributed by atoms with E-state index in [1.807, 2.05) is 0 Å². The third kappa shape index (κ3) is 38.9. The van der Waals surface area contributed by atoms with Crippen LogP contribution in [0.5, 0.6) is 0 Å². The van der Waals surface area contributed by atoms with Gasteiger partial charge in [0.1, 0.15) is 103 Å². The zero-order chi connectivity index (χ0) is 91.3. The van der Waals surface area contributed by atoms with Crippen LogP contribution in [-0.4, -0.2) is 350 Å². The number of imidazole rings is 1. The van der Waals surface area contributed by atoms with E-state index in [0.717, 1.165) is 0 Å². The highest BCUT2D eigenvalue weighted by Crippen LogP contribution is 2.52. The Labute approximate surface area is 717 Å². The molecule has 0 spiro atoms. The van der Waals surface area contributed by atoms with Crippen molar-refractivity contribution in [1.82, 2.24) is 35.5 Å². The molecule has 23 atom stereocenters. The van der Waals surface area contributed by atoms with Crippen molar-refractivity contribution in [3.63, 3.8) is 0 Å². The summed E-state index contributed by atoms with van der Waals surface area (Å²) in [5.74, 6) is -1.56. The molecule has 4 fully saturated rings. The molecule has 2 aromatic rings. The molecule has 6 heterocycles. The molecule has 17 N–H and O–H groups in total. The standard InChI is InChI=1S/C70H128N7O42P5/c1-45(2)118-124(98,99)119-50-34-55(77-44-73-56-46(3)71-43-72-66(56)77)114-54(50)38-112-123(96,97)113-42-70(39-100-22-19-31-109-120(90,91)106-28-16-10-7-13-25-103-67-57(74-47(4)81)63(87)60(84)51(35-78)115-67,40-101-23-20-32-110-121(92,93)107-29-17-11-8-14-26-104-68-58(75-48(5)82)64(88)61(85)52(36-79)116-68)41-102-24-21-33-111-122(94,95)108-30-18-12-9-15-27-105-69-59(76-49(6)83)65(89)62(86)53(37-80)117-69/h43-45,50-55,57-65,67-69,78-80,84-89H,7-42H2,1-6H3,(H,74,81)(H,75,82)(H,76,83)(H,90,91)(H,92,93)(H,94,95)(H,96,97)(H,98,99)/t50?,51?,52?,53?,54-,55-,57?,58?,59?,60+,61+,62+,63-,64-,65-,67-,68-,69-,70?/m1/s1. The van der Waals surface area contributed by atoms with Crippen molar-refractivity contribution in [2.75, 3.05) is 132 Å². The number of nitrogens with one attached hydrogen (secondary N) is 3. The Balaban J connectivity index is 1.07. The SMILES string of the molecule is CC(=O)NC1[C@H](OCCCCCCOP(=O)(O)OCCCOCC(COCCCOP(=O)(O)OCCCCCCO[C@@H]2OC(CO)[C@H](O)[C@H](O)C2NC(C)=O)(COCCCOP(=O)(O)OCCCCCCO[C@@H]2OC(CO)[C@H](O)[C@H](O)C2NC(C)=O)COP(=O)(O)OC[C@H]2O[C@@H](n3cnc4c(C)ncnc43)CC2OP(=O)(O)OC(C)C)OC(CO)[C@H](O)[C@@H]1O. The fraction of sp³-hybridized carbons (Fsp3) is 0.886. The lowest BCUT2D eigenvalue weighted by atomic mass is 9.92. The van der Waals surface area contributed by atoms with E-state index in [1.165, 1.54) is 51.8 Å². The summed E-state index contributed by atoms with van der Waals surface area (Å²) >= 11 is 0. The van der Waals surface area contributed by atoms with Crippen LogP contribution in [0.25, 0.3) is 11.2 Å². The number of aryl methyl sites for hydroxylation is 1. The predicted molar refractivity (Wildman–Crippen MR) is 425 cm³/mol. The van der Waals surface area contributed by atoms with Gasteiger partial charge in [0.05, 0.1) is 116 Å². The van der Waals surface area contributed by atoms with Gasteiger partial charge in [0.2, 0.25) is 17.7 Å².